The van der Waals surface area contributed by atoms with Gasteiger partial charge < -0.3 is 10.0 Å². The number of thiophene rings is 1. The lowest BCUT2D eigenvalue weighted by Gasteiger charge is -2.21. The predicted octanol–water partition coefficient (Wildman–Crippen LogP) is 0.598. The molecular weight excluding hydrogens is 300 g/mol. The van der Waals surface area contributed by atoms with Crippen molar-refractivity contribution in [3.05, 3.63) is 17.5 Å². The van der Waals surface area contributed by atoms with Gasteiger partial charge in [-0.05, 0) is 24.8 Å². The van der Waals surface area contributed by atoms with Crippen molar-refractivity contribution in [2.75, 3.05) is 27.2 Å². The van der Waals surface area contributed by atoms with Crippen LogP contribution in [0.2, 0.25) is 0 Å². The number of aliphatic hydroxyl groups is 1. The molecule has 20 heavy (non-hydrogen) atoms. The van der Waals surface area contributed by atoms with Crippen LogP contribution in [0.1, 0.15) is 13.3 Å². The Morgan fingerprint density at radius 3 is 2.60 bits per heavy atom. The average molecular weight is 320 g/mol. The molecule has 0 saturated heterocycles. The van der Waals surface area contributed by atoms with Gasteiger partial charge in [0.05, 0.1) is 12.6 Å². The van der Waals surface area contributed by atoms with Gasteiger partial charge in [-0.1, -0.05) is 6.07 Å². The Kier molecular flexibility index (Phi) is 6.12. The van der Waals surface area contributed by atoms with E-state index < -0.39 is 16.1 Å². The molecule has 1 atom stereocenters. The molecular formula is C12H20N2O4S2. The van der Waals surface area contributed by atoms with Gasteiger partial charge in [0.2, 0.25) is 5.91 Å². The lowest BCUT2D eigenvalue weighted by molar-refractivity contribution is -0.130. The van der Waals surface area contributed by atoms with Gasteiger partial charge in [0.1, 0.15) is 4.21 Å². The number of rotatable bonds is 7. The molecule has 0 aliphatic heterocycles. The van der Waals surface area contributed by atoms with E-state index in [9.17, 15) is 18.3 Å². The predicted molar refractivity (Wildman–Crippen MR) is 78.1 cm³/mol. The van der Waals surface area contributed by atoms with Crippen molar-refractivity contribution in [3.8, 4) is 0 Å². The number of amides is 1. The van der Waals surface area contributed by atoms with Gasteiger partial charge in [-0.15, -0.1) is 11.3 Å². The number of aliphatic hydroxyl groups excluding tert-OH is 1. The summed E-state index contributed by atoms with van der Waals surface area (Å²) >= 11 is 1.12. The number of nitrogens with zero attached hydrogens (tertiary/aromatic N) is 2. The number of likely N-dealkylation sites (N-methyl/N-ethyl adjacent to an activating group) is 2. The lowest BCUT2D eigenvalue weighted by atomic mass is 10.3. The van der Waals surface area contributed by atoms with Gasteiger partial charge in [-0.2, -0.15) is 4.31 Å². The highest BCUT2D eigenvalue weighted by atomic mass is 32.2. The van der Waals surface area contributed by atoms with Gasteiger partial charge in [0, 0.05) is 20.6 Å². The molecule has 1 aromatic heterocycles. The van der Waals surface area contributed by atoms with Crippen molar-refractivity contribution >= 4 is 27.3 Å². The molecule has 114 valence electrons. The Hall–Kier alpha value is -0.960. The summed E-state index contributed by atoms with van der Waals surface area (Å²) in [5, 5.41) is 10.9. The zero-order valence-electron chi connectivity index (χ0n) is 11.8. The van der Waals surface area contributed by atoms with Crippen LogP contribution < -0.4 is 0 Å². The van der Waals surface area contributed by atoms with Crippen LogP contribution in [0.5, 0.6) is 0 Å². The molecule has 1 N–H and O–H groups in total. The Balaban J connectivity index is 2.62. The number of carbonyl (C=O) groups is 1. The van der Waals surface area contributed by atoms with Gasteiger partial charge in [0.25, 0.3) is 10.0 Å². The molecule has 8 heteroatoms. The molecule has 0 bridgehead atoms. The van der Waals surface area contributed by atoms with Crippen molar-refractivity contribution in [1.82, 2.24) is 9.21 Å². The third kappa shape index (κ3) is 4.55. The van der Waals surface area contributed by atoms with E-state index in [4.69, 9.17) is 0 Å². The minimum absolute atomic E-state index is 0.212. The van der Waals surface area contributed by atoms with E-state index in [0.717, 1.165) is 15.6 Å². The second-order valence-corrected chi connectivity index (χ2v) is 7.87. The SMILES string of the molecule is CC(O)CCN(C)C(=O)CN(C)S(=O)(=O)c1cccs1. The highest BCUT2D eigenvalue weighted by Crippen LogP contribution is 2.19. The zero-order chi connectivity index (χ0) is 15.3. The van der Waals surface area contributed by atoms with Crippen LogP contribution in [-0.2, 0) is 14.8 Å². The van der Waals surface area contributed by atoms with Crippen molar-refractivity contribution in [2.45, 2.75) is 23.7 Å². The summed E-state index contributed by atoms with van der Waals surface area (Å²) in [6.45, 7) is 1.83. The monoisotopic (exact) mass is 320 g/mol. The molecule has 0 saturated carbocycles. The Morgan fingerprint density at radius 1 is 1.45 bits per heavy atom. The lowest BCUT2D eigenvalue weighted by Crippen LogP contribution is -2.40. The first-order valence-electron chi connectivity index (χ1n) is 6.17. The van der Waals surface area contributed by atoms with E-state index in [2.05, 4.69) is 0 Å². The van der Waals surface area contributed by atoms with Gasteiger partial charge in [-0.3, -0.25) is 4.79 Å². The standard InChI is InChI=1S/C12H20N2O4S2/c1-10(15)6-7-13(2)11(16)9-14(3)20(17,18)12-5-4-8-19-12/h4-5,8,10,15H,6-7,9H2,1-3H3. The van der Waals surface area contributed by atoms with Crippen LogP contribution >= 0.6 is 11.3 Å². The third-order valence-electron chi connectivity index (χ3n) is 2.83. The Labute approximate surface area is 123 Å². The minimum atomic E-state index is -3.60. The zero-order valence-corrected chi connectivity index (χ0v) is 13.4. The van der Waals surface area contributed by atoms with Gasteiger partial charge >= 0.3 is 0 Å². The topological polar surface area (TPSA) is 77.9 Å². The fourth-order valence-electron chi connectivity index (χ4n) is 1.47. The molecule has 1 unspecified atom stereocenters. The van der Waals surface area contributed by atoms with Crippen LogP contribution in [0.3, 0.4) is 0 Å². The average Bonchev–Trinajstić information content (AvgIpc) is 2.89. The summed E-state index contributed by atoms with van der Waals surface area (Å²) in [7, 11) is -0.623. The van der Waals surface area contributed by atoms with E-state index in [1.165, 1.54) is 18.0 Å². The van der Waals surface area contributed by atoms with Crippen molar-refractivity contribution < 1.29 is 18.3 Å². The van der Waals surface area contributed by atoms with Crippen LogP contribution in [0, 0.1) is 0 Å². The molecule has 0 radical (unpaired) electrons. The molecule has 0 aromatic carbocycles. The summed E-state index contributed by atoms with van der Waals surface area (Å²) in [6, 6.07) is 3.17. The molecule has 0 aliphatic carbocycles. The maximum atomic E-state index is 12.1. The third-order valence-corrected chi connectivity index (χ3v) is 6.00. The second kappa shape index (κ2) is 7.16. The molecule has 0 aliphatic rings. The van der Waals surface area contributed by atoms with Crippen LogP contribution in [0.4, 0.5) is 0 Å². The van der Waals surface area contributed by atoms with Crippen molar-refractivity contribution in [3.63, 3.8) is 0 Å². The summed E-state index contributed by atoms with van der Waals surface area (Å²) in [4.78, 5) is 13.3. The molecule has 1 aromatic rings. The van der Waals surface area contributed by atoms with E-state index in [-0.39, 0.29) is 16.7 Å². The van der Waals surface area contributed by atoms with Gasteiger partial charge in [-0.25, -0.2) is 8.42 Å². The van der Waals surface area contributed by atoms with E-state index in [1.54, 1.807) is 25.4 Å². The molecule has 1 amide bonds. The summed E-state index contributed by atoms with van der Waals surface area (Å²) in [5.74, 6) is -0.298. The first kappa shape index (κ1) is 17.1. The maximum absolute atomic E-state index is 12.1. The largest absolute Gasteiger partial charge is 0.393 e. The Morgan fingerprint density at radius 2 is 2.10 bits per heavy atom. The first-order valence-corrected chi connectivity index (χ1v) is 8.49. The quantitative estimate of drug-likeness (QED) is 0.798. The fourth-order valence-corrected chi connectivity index (χ4v) is 3.79. The number of hydrogen-bond donors (Lipinski definition) is 1. The fraction of sp³-hybridized carbons (Fsp3) is 0.583. The van der Waals surface area contributed by atoms with Crippen LogP contribution in [-0.4, -0.2) is 61.9 Å². The van der Waals surface area contributed by atoms with E-state index in [1.807, 2.05) is 0 Å². The molecule has 0 spiro atoms. The molecule has 0 fully saturated rings. The van der Waals surface area contributed by atoms with Crippen molar-refractivity contribution in [2.24, 2.45) is 0 Å². The summed E-state index contributed by atoms with van der Waals surface area (Å²) < 4.78 is 25.5. The Bertz CT molecular complexity index is 526. The minimum Gasteiger partial charge on any atom is -0.393 e. The smallest absolute Gasteiger partial charge is 0.252 e. The summed E-state index contributed by atoms with van der Waals surface area (Å²) in [6.07, 6.45) is -0.0262. The second-order valence-electron chi connectivity index (χ2n) is 4.65. The maximum Gasteiger partial charge on any atom is 0.252 e. The molecule has 6 nitrogen and oxygen atoms in total. The number of sulfonamides is 1. The van der Waals surface area contributed by atoms with Gasteiger partial charge in [0.15, 0.2) is 0 Å². The van der Waals surface area contributed by atoms with E-state index >= 15 is 0 Å². The number of carbonyl (C=O) groups excluding carboxylic acids is 1. The molecule has 1 heterocycles. The summed E-state index contributed by atoms with van der Waals surface area (Å²) in [5.41, 5.74) is 0. The number of hydrogen-bond acceptors (Lipinski definition) is 5. The normalized spacial score (nSPS) is 13.4. The van der Waals surface area contributed by atoms with Crippen molar-refractivity contribution in [1.29, 1.82) is 0 Å². The highest BCUT2D eigenvalue weighted by molar-refractivity contribution is 7.91. The molecule has 1 rings (SSSR count). The first-order chi connectivity index (χ1) is 9.25. The highest BCUT2D eigenvalue weighted by Gasteiger charge is 2.24. The van der Waals surface area contributed by atoms with E-state index in [0.29, 0.717) is 13.0 Å². The van der Waals surface area contributed by atoms with Crippen LogP contribution in [0.25, 0.3) is 0 Å². The van der Waals surface area contributed by atoms with Crippen LogP contribution in [0.15, 0.2) is 21.7 Å².